The highest BCUT2D eigenvalue weighted by molar-refractivity contribution is 5.76. The summed E-state index contributed by atoms with van der Waals surface area (Å²) >= 11 is 0. The van der Waals surface area contributed by atoms with Crippen LogP contribution in [-0.4, -0.2) is 62.9 Å². The number of hydrogen-bond donors (Lipinski definition) is 1. The van der Waals surface area contributed by atoms with Gasteiger partial charge in [0, 0.05) is 27.1 Å². The number of hydrogen-bond acceptors (Lipinski definition) is 4. The quantitative estimate of drug-likeness (QED) is 0.757. The molecule has 0 saturated carbocycles. The summed E-state index contributed by atoms with van der Waals surface area (Å²) < 4.78 is 11.5. The predicted molar refractivity (Wildman–Crippen MR) is 63.8 cm³/mol. The normalized spacial score (nSPS) is 32.9. The van der Waals surface area contributed by atoms with Crippen molar-refractivity contribution >= 4 is 5.91 Å². The van der Waals surface area contributed by atoms with E-state index in [4.69, 9.17) is 9.47 Å². The first kappa shape index (κ1) is 12.8. The maximum absolute atomic E-state index is 11.4. The lowest BCUT2D eigenvalue weighted by atomic mass is 9.90. The molecule has 2 atom stereocenters. The summed E-state index contributed by atoms with van der Waals surface area (Å²) in [5.74, 6) is 0.00715. The van der Waals surface area contributed by atoms with Crippen LogP contribution in [0.2, 0.25) is 0 Å². The largest absolute Gasteiger partial charge is 0.371 e. The molecule has 98 valence electrons. The molecular formula is C12H22N2O3. The van der Waals surface area contributed by atoms with Gasteiger partial charge in [0.15, 0.2) is 0 Å². The van der Waals surface area contributed by atoms with E-state index in [1.807, 2.05) is 0 Å². The molecule has 1 N–H and O–H groups in total. The molecule has 5 heteroatoms. The van der Waals surface area contributed by atoms with E-state index in [-0.39, 0.29) is 24.2 Å². The molecule has 0 unspecified atom stereocenters. The SMILES string of the molecule is CN(C)C(=O)CO[C@H]1CO[C@]2(CCCNC2)C1. The lowest BCUT2D eigenvalue weighted by Crippen LogP contribution is -2.45. The van der Waals surface area contributed by atoms with Crippen molar-refractivity contribution in [3.05, 3.63) is 0 Å². The fraction of sp³-hybridized carbons (Fsp3) is 0.917. The van der Waals surface area contributed by atoms with Crippen molar-refractivity contribution in [1.82, 2.24) is 10.2 Å². The van der Waals surface area contributed by atoms with Gasteiger partial charge >= 0.3 is 0 Å². The topological polar surface area (TPSA) is 50.8 Å². The van der Waals surface area contributed by atoms with Crippen molar-refractivity contribution in [2.45, 2.75) is 31.0 Å². The molecule has 0 bridgehead atoms. The van der Waals surface area contributed by atoms with Gasteiger partial charge < -0.3 is 19.7 Å². The van der Waals surface area contributed by atoms with Gasteiger partial charge in [-0.2, -0.15) is 0 Å². The Morgan fingerprint density at radius 2 is 2.41 bits per heavy atom. The van der Waals surface area contributed by atoms with Gasteiger partial charge in [-0.05, 0) is 19.4 Å². The zero-order valence-electron chi connectivity index (χ0n) is 10.7. The number of amides is 1. The molecule has 1 amide bonds. The second kappa shape index (κ2) is 5.33. The summed E-state index contributed by atoms with van der Waals surface area (Å²) in [6, 6.07) is 0. The minimum absolute atomic E-state index is 0.00715. The third-order valence-corrected chi connectivity index (χ3v) is 3.55. The van der Waals surface area contributed by atoms with Gasteiger partial charge in [0.25, 0.3) is 0 Å². The van der Waals surface area contributed by atoms with Crippen LogP contribution in [0.1, 0.15) is 19.3 Å². The smallest absolute Gasteiger partial charge is 0.248 e. The molecule has 2 aliphatic heterocycles. The van der Waals surface area contributed by atoms with Crippen LogP contribution in [0, 0.1) is 0 Å². The summed E-state index contributed by atoms with van der Waals surface area (Å²) in [4.78, 5) is 13.0. The summed E-state index contributed by atoms with van der Waals surface area (Å²) in [5.41, 5.74) is -0.0376. The molecule has 2 heterocycles. The van der Waals surface area contributed by atoms with Crippen LogP contribution in [0.25, 0.3) is 0 Å². The number of ether oxygens (including phenoxy) is 2. The van der Waals surface area contributed by atoms with Gasteiger partial charge in [0.1, 0.15) is 6.61 Å². The summed E-state index contributed by atoms with van der Waals surface area (Å²) in [6.07, 6.45) is 3.23. The summed E-state index contributed by atoms with van der Waals surface area (Å²) in [7, 11) is 3.48. The lowest BCUT2D eigenvalue weighted by molar-refractivity contribution is -0.135. The Morgan fingerprint density at radius 1 is 1.59 bits per heavy atom. The van der Waals surface area contributed by atoms with Gasteiger partial charge in [-0.3, -0.25) is 4.79 Å². The van der Waals surface area contributed by atoms with E-state index in [1.165, 1.54) is 0 Å². The highest BCUT2D eigenvalue weighted by Crippen LogP contribution is 2.33. The van der Waals surface area contributed by atoms with Gasteiger partial charge in [-0.15, -0.1) is 0 Å². The monoisotopic (exact) mass is 242 g/mol. The van der Waals surface area contributed by atoms with Crippen LogP contribution < -0.4 is 5.32 Å². The number of rotatable bonds is 3. The molecule has 5 nitrogen and oxygen atoms in total. The maximum atomic E-state index is 11.4. The zero-order chi connectivity index (χ0) is 12.3. The van der Waals surface area contributed by atoms with Crippen molar-refractivity contribution in [3.8, 4) is 0 Å². The Balaban J connectivity index is 1.76. The highest BCUT2D eigenvalue weighted by atomic mass is 16.6. The molecule has 2 aliphatic rings. The van der Waals surface area contributed by atoms with E-state index in [1.54, 1.807) is 19.0 Å². The van der Waals surface area contributed by atoms with Crippen LogP contribution in [0.5, 0.6) is 0 Å². The van der Waals surface area contributed by atoms with Gasteiger partial charge in [0.05, 0.1) is 18.3 Å². The molecule has 2 rings (SSSR count). The molecule has 1 spiro atoms. The van der Waals surface area contributed by atoms with Gasteiger partial charge in [-0.1, -0.05) is 0 Å². The molecule has 0 aromatic heterocycles. The minimum Gasteiger partial charge on any atom is -0.371 e. The third-order valence-electron chi connectivity index (χ3n) is 3.55. The van der Waals surface area contributed by atoms with Crippen molar-refractivity contribution in [2.24, 2.45) is 0 Å². The third kappa shape index (κ3) is 3.18. The Labute approximate surface area is 102 Å². The number of nitrogens with one attached hydrogen (secondary N) is 1. The standard InChI is InChI=1S/C12H22N2O3/c1-14(2)11(15)8-16-10-6-12(17-7-10)4-3-5-13-9-12/h10,13H,3-9H2,1-2H3/t10-,12-/m1/s1. The molecule has 0 radical (unpaired) electrons. The lowest BCUT2D eigenvalue weighted by Gasteiger charge is -2.32. The van der Waals surface area contributed by atoms with Crippen LogP contribution in [0.3, 0.4) is 0 Å². The summed E-state index contributed by atoms with van der Waals surface area (Å²) in [5, 5.41) is 3.37. The van der Waals surface area contributed by atoms with Crippen LogP contribution in [0.15, 0.2) is 0 Å². The first-order chi connectivity index (χ1) is 8.11. The molecule has 0 aromatic carbocycles. The number of likely N-dealkylation sites (N-methyl/N-ethyl adjacent to an activating group) is 1. The number of carbonyl (C=O) groups is 1. The Hall–Kier alpha value is -0.650. The van der Waals surface area contributed by atoms with Crippen molar-refractivity contribution in [2.75, 3.05) is 40.4 Å². The zero-order valence-corrected chi connectivity index (χ0v) is 10.7. The predicted octanol–water partition coefficient (Wildman–Crippen LogP) is 0.00230. The second-order valence-electron chi connectivity index (χ2n) is 5.20. The first-order valence-corrected chi connectivity index (χ1v) is 6.28. The molecule has 2 fully saturated rings. The first-order valence-electron chi connectivity index (χ1n) is 6.28. The van der Waals surface area contributed by atoms with Crippen LogP contribution in [-0.2, 0) is 14.3 Å². The van der Waals surface area contributed by atoms with E-state index in [2.05, 4.69) is 5.32 Å². The van der Waals surface area contributed by atoms with E-state index >= 15 is 0 Å². The molecule has 0 aliphatic carbocycles. The maximum Gasteiger partial charge on any atom is 0.248 e. The molecule has 0 aromatic rings. The fourth-order valence-corrected chi connectivity index (χ4v) is 2.47. The molecular weight excluding hydrogens is 220 g/mol. The van der Waals surface area contributed by atoms with E-state index in [0.717, 1.165) is 32.4 Å². The number of nitrogens with zero attached hydrogens (tertiary/aromatic N) is 1. The number of piperidine rings is 1. The minimum atomic E-state index is -0.0376. The Bertz CT molecular complexity index is 275. The van der Waals surface area contributed by atoms with Gasteiger partial charge in [-0.25, -0.2) is 0 Å². The molecule has 2 saturated heterocycles. The average Bonchev–Trinajstić information content (AvgIpc) is 2.70. The van der Waals surface area contributed by atoms with Crippen LogP contribution >= 0.6 is 0 Å². The van der Waals surface area contributed by atoms with E-state index < -0.39 is 0 Å². The Morgan fingerprint density at radius 3 is 3.06 bits per heavy atom. The molecule has 17 heavy (non-hydrogen) atoms. The number of carbonyl (C=O) groups excluding carboxylic acids is 1. The summed E-state index contributed by atoms with van der Waals surface area (Å²) in [6.45, 7) is 2.76. The highest BCUT2D eigenvalue weighted by Gasteiger charge is 2.41. The Kier molecular flexibility index (Phi) is 4.01. The van der Waals surface area contributed by atoms with Crippen LogP contribution in [0.4, 0.5) is 0 Å². The van der Waals surface area contributed by atoms with Crippen molar-refractivity contribution < 1.29 is 14.3 Å². The fourth-order valence-electron chi connectivity index (χ4n) is 2.47. The average molecular weight is 242 g/mol. The van der Waals surface area contributed by atoms with Crippen molar-refractivity contribution in [1.29, 1.82) is 0 Å². The van der Waals surface area contributed by atoms with E-state index in [9.17, 15) is 4.79 Å². The second-order valence-corrected chi connectivity index (χ2v) is 5.20. The van der Waals surface area contributed by atoms with Gasteiger partial charge in [0.2, 0.25) is 5.91 Å². The van der Waals surface area contributed by atoms with E-state index in [0.29, 0.717) is 6.61 Å². The van der Waals surface area contributed by atoms with Crippen molar-refractivity contribution in [3.63, 3.8) is 0 Å².